The van der Waals surface area contributed by atoms with Gasteiger partial charge in [0, 0.05) is 43.3 Å². The first-order chi connectivity index (χ1) is 21.9. The minimum Gasteiger partial charge on any atom is -0.361 e. The summed E-state index contributed by atoms with van der Waals surface area (Å²) in [7, 11) is -3.13. The van der Waals surface area contributed by atoms with Crippen molar-refractivity contribution in [1.82, 2.24) is 19.8 Å². The number of carbonyl (C=O) groups is 1. The molecule has 1 amide bonds. The number of likely N-dealkylation sites (tertiary alicyclic amines) is 2. The van der Waals surface area contributed by atoms with Crippen LogP contribution in [-0.2, 0) is 21.2 Å². The lowest BCUT2D eigenvalue weighted by Crippen LogP contribution is -2.59. The Bertz CT molecular complexity index is 1170. The van der Waals surface area contributed by atoms with Gasteiger partial charge in [-0.3, -0.25) is 4.79 Å². The van der Waals surface area contributed by atoms with Crippen LogP contribution >= 0.6 is 0 Å². The van der Waals surface area contributed by atoms with E-state index < -0.39 is 10.0 Å². The van der Waals surface area contributed by atoms with Crippen molar-refractivity contribution in [3.05, 3.63) is 47.4 Å². The maximum Gasteiger partial charge on any atom is 0.211 e. The normalized spacial score (nSPS) is 18.0. The van der Waals surface area contributed by atoms with Gasteiger partial charge < -0.3 is 15.1 Å². The third-order valence-corrected chi connectivity index (χ3v) is 9.83. The molecule has 0 aromatic heterocycles. The smallest absolute Gasteiger partial charge is 0.211 e. The standard InChI is InChI=1S/C29H46FN5O2S.C4H9NO.C2H6/c1-5-26(8-7-25(4)33-38(36,37)6-2)19-34-15-13-29(14-16-34)20-35(21-29)23-32-22-31-18-24(3)17-27-9-11-28(30)12-10-27;1-4(2)5-3-6;1-2/h9-12,18,22-23,25-26,33H,5-8,13-17,19-21H2,1-4H3;3-4H,1-2H3,(H,5,6);1-2H3/b24-18+,31-22?,32-23?;;/t25?,26-;;/m0../s1. The SMILES string of the molecule is CC.CC(C)NC=O.CC[C@@H](CCC(C)NS(=O)(=O)CC)CN1CCC2(CC1)CN(C=NC=N/C=C(\C)Cc1ccc(F)cc1)C2. The van der Waals surface area contributed by atoms with Crippen molar-refractivity contribution in [2.24, 2.45) is 21.3 Å². The average Bonchev–Trinajstić information content (AvgIpc) is 3.01. The Kier molecular flexibility index (Phi) is 19.8. The molecule has 0 aliphatic carbocycles. The first kappa shape index (κ1) is 41.4. The number of piperidine rings is 1. The monoisotopic (exact) mass is 664 g/mol. The van der Waals surface area contributed by atoms with Crippen LogP contribution in [-0.4, -0.2) is 87.9 Å². The van der Waals surface area contributed by atoms with Crippen molar-refractivity contribution in [3.63, 3.8) is 0 Å². The molecular formula is C35H61FN6O3S. The summed E-state index contributed by atoms with van der Waals surface area (Å²) in [5, 5.41) is 2.53. The number of hydrogen-bond donors (Lipinski definition) is 2. The molecule has 9 nitrogen and oxygen atoms in total. The number of amides is 1. The zero-order chi connectivity index (χ0) is 34.6. The Hall–Kier alpha value is -2.63. The summed E-state index contributed by atoms with van der Waals surface area (Å²) in [5.41, 5.74) is 2.58. The molecule has 46 heavy (non-hydrogen) atoms. The van der Waals surface area contributed by atoms with E-state index in [1.165, 1.54) is 25.0 Å². The Balaban J connectivity index is 0.00000118. The van der Waals surface area contributed by atoms with Gasteiger partial charge in [0.1, 0.15) is 12.2 Å². The van der Waals surface area contributed by atoms with Crippen LogP contribution in [0.4, 0.5) is 4.39 Å². The van der Waals surface area contributed by atoms with Crippen LogP contribution in [0.5, 0.6) is 0 Å². The molecule has 2 aliphatic rings. The fourth-order valence-electron chi connectivity index (χ4n) is 5.58. The molecule has 1 spiro atoms. The highest BCUT2D eigenvalue weighted by atomic mass is 32.2. The number of halogens is 1. The summed E-state index contributed by atoms with van der Waals surface area (Å²) in [5.74, 6) is 0.526. The second-order valence-electron chi connectivity index (χ2n) is 12.7. The van der Waals surface area contributed by atoms with Crippen LogP contribution in [0, 0.1) is 17.2 Å². The van der Waals surface area contributed by atoms with Gasteiger partial charge in [0.05, 0.1) is 12.1 Å². The van der Waals surface area contributed by atoms with E-state index in [1.54, 1.807) is 25.4 Å². The summed E-state index contributed by atoms with van der Waals surface area (Å²) in [6, 6.07) is 6.83. The molecule has 0 bridgehead atoms. The highest BCUT2D eigenvalue weighted by Crippen LogP contribution is 2.40. The van der Waals surface area contributed by atoms with E-state index in [9.17, 15) is 17.6 Å². The van der Waals surface area contributed by atoms with Gasteiger partial charge in [0.25, 0.3) is 0 Å². The molecule has 2 fully saturated rings. The van der Waals surface area contributed by atoms with Crippen molar-refractivity contribution in [2.75, 3.05) is 38.5 Å². The minimum atomic E-state index is -3.13. The molecule has 3 rings (SSSR count). The number of benzene rings is 1. The zero-order valence-corrected chi connectivity index (χ0v) is 30.5. The van der Waals surface area contributed by atoms with Crippen LogP contribution in [0.2, 0.25) is 0 Å². The lowest BCUT2D eigenvalue weighted by Gasteiger charge is -2.53. The van der Waals surface area contributed by atoms with Gasteiger partial charge in [-0.1, -0.05) is 44.9 Å². The van der Waals surface area contributed by atoms with E-state index in [0.29, 0.717) is 17.7 Å². The van der Waals surface area contributed by atoms with Crippen molar-refractivity contribution in [1.29, 1.82) is 0 Å². The molecule has 0 radical (unpaired) electrons. The molecule has 1 aromatic rings. The predicted molar refractivity (Wildman–Crippen MR) is 191 cm³/mol. The zero-order valence-electron chi connectivity index (χ0n) is 29.6. The van der Waals surface area contributed by atoms with Crippen molar-refractivity contribution >= 4 is 29.1 Å². The van der Waals surface area contributed by atoms with Crippen LogP contribution in [0.15, 0.2) is 46.0 Å². The topological polar surface area (TPSA) is 106 Å². The largest absolute Gasteiger partial charge is 0.361 e. The quantitative estimate of drug-likeness (QED) is 0.128. The highest BCUT2D eigenvalue weighted by molar-refractivity contribution is 7.89. The summed E-state index contributed by atoms with van der Waals surface area (Å²) in [4.78, 5) is 23.0. The summed E-state index contributed by atoms with van der Waals surface area (Å²) in [6.45, 7) is 21.2. The summed E-state index contributed by atoms with van der Waals surface area (Å²) < 4.78 is 39.4. The van der Waals surface area contributed by atoms with E-state index >= 15 is 0 Å². The molecular weight excluding hydrogens is 603 g/mol. The van der Waals surface area contributed by atoms with E-state index in [1.807, 2.05) is 54.1 Å². The van der Waals surface area contributed by atoms with E-state index in [-0.39, 0.29) is 23.7 Å². The molecule has 2 atom stereocenters. The Labute approximate surface area is 279 Å². The van der Waals surface area contributed by atoms with Gasteiger partial charge in [-0.25, -0.2) is 27.5 Å². The number of allylic oxidation sites excluding steroid dienone is 1. The second-order valence-corrected chi connectivity index (χ2v) is 14.8. The van der Waals surface area contributed by atoms with Gasteiger partial charge in [0.15, 0.2) is 0 Å². The molecule has 1 unspecified atom stereocenters. The fourth-order valence-corrected chi connectivity index (χ4v) is 6.47. The van der Waals surface area contributed by atoms with Crippen molar-refractivity contribution < 1.29 is 17.6 Å². The lowest BCUT2D eigenvalue weighted by molar-refractivity contribution is -0.109. The van der Waals surface area contributed by atoms with Gasteiger partial charge in [-0.2, -0.15) is 0 Å². The van der Waals surface area contributed by atoms with Crippen LogP contribution < -0.4 is 10.0 Å². The molecule has 2 heterocycles. The number of aliphatic imine (C=N–C) groups is 2. The van der Waals surface area contributed by atoms with Crippen LogP contribution in [0.25, 0.3) is 0 Å². The van der Waals surface area contributed by atoms with Crippen LogP contribution in [0.1, 0.15) is 93.1 Å². The molecule has 0 saturated carbocycles. The van der Waals surface area contributed by atoms with Gasteiger partial charge in [0.2, 0.25) is 16.4 Å². The first-order valence-electron chi connectivity index (χ1n) is 17.0. The Morgan fingerprint density at radius 1 is 1.04 bits per heavy atom. The highest BCUT2D eigenvalue weighted by Gasteiger charge is 2.44. The molecule has 262 valence electrons. The third-order valence-electron chi connectivity index (χ3n) is 8.31. The number of hydrogen-bond acceptors (Lipinski definition) is 5. The fraction of sp³-hybridized carbons (Fsp3) is 0.686. The number of nitrogens with one attached hydrogen (secondary N) is 2. The van der Waals surface area contributed by atoms with E-state index in [0.717, 1.165) is 69.5 Å². The molecule has 11 heteroatoms. The third kappa shape index (κ3) is 16.8. The molecule has 2 N–H and O–H groups in total. The maximum atomic E-state index is 13.0. The lowest BCUT2D eigenvalue weighted by atomic mass is 9.72. The number of nitrogens with zero attached hydrogens (tertiary/aromatic N) is 4. The average molecular weight is 665 g/mol. The van der Waals surface area contributed by atoms with Crippen molar-refractivity contribution in [3.8, 4) is 0 Å². The molecule has 2 saturated heterocycles. The number of carbonyl (C=O) groups excluding carboxylic acids is 1. The van der Waals surface area contributed by atoms with Gasteiger partial charge in [-0.05, 0) is 103 Å². The van der Waals surface area contributed by atoms with E-state index in [4.69, 9.17) is 0 Å². The maximum absolute atomic E-state index is 13.0. The number of sulfonamides is 1. The Morgan fingerprint density at radius 2 is 1.67 bits per heavy atom. The summed E-state index contributed by atoms with van der Waals surface area (Å²) in [6.07, 6.45) is 12.2. The Morgan fingerprint density at radius 3 is 2.20 bits per heavy atom. The van der Waals surface area contributed by atoms with Gasteiger partial charge in [-0.15, -0.1) is 0 Å². The summed E-state index contributed by atoms with van der Waals surface area (Å²) >= 11 is 0. The predicted octanol–water partition coefficient (Wildman–Crippen LogP) is 6.03. The molecule has 1 aromatic carbocycles. The minimum absolute atomic E-state index is 0.00670. The van der Waals surface area contributed by atoms with Crippen molar-refractivity contribution in [2.45, 2.75) is 106 Å². The first-order valence-corrected chi connectivity index (χ1v) is 18.7. The van der Waals surface area contributed by atoms with E-state index in [2.05, 4.69) is 36.7 Å². The van der Waals surface area contributed by atoms with Gasteiger partial charge >= 0.3 is 0 Å². The molecule has 2 aliphatic heterocycles. The van der Waals surface area contributed by atoms with Crippen LogP contribution in [0.3, 0.4) is 0 Å². The second kappa shape index (κ2) is 22.0. The number of rotatable bonds is 16.